The van der Waals surface area contributed by atoms with Crippen LogP contribution in [0.1, 0.15) is 23.0 Å². The molecule has 0 aliphatic heterocycles. The van der Waals surface area contributed by atoms with E-state index in [0.29, 0.717) is 17.1 Å². The predicted molar refractivity (Wildman–Crippen MR) is 81.9 cm³/mol. The number of furan rings is 1. The molecule has 0 saturated carbocycles. The molecule has 3 aromatic rings. The van der Waals surface area contributed by atoms with Crippen molar-refractivity contribution >= 4 is 16.8 Å². The molecule has 106 valence electrons. The van der Waals surface area contributed by atoms with Crippen molar-refractivity contribution in [1.82, 2.24) is 0 Å². The maximum absolute atomic E-state index is 12.1. The van der Waals surface area contributed by atoms with Gasteiger partial charge in [0.1, 0.15) is 11.3 Å². The Hall–Kier alpha value is -2.55. The second kappa shape index (κ2) is 5.83. The number of ketones is 1. The summed E-state index contributed by atoms with van der Waals surface area (Å²) in [4.78, 5) is 12.1. The Morgan fingerprint density at radius 1 is 1.10 bits per heavy atom. The zero-order valence-electron chi connectivity index (χ0n) is 11.8. The number of hydrogen-bond acceptors (Lipinski definition) is 3. The molecule has 0 fully saturated rings. The summed E-state index contributed by atoms with van der Waals surface area (Å²) in [6, 6.07) is 17.1. The Balaban J connectivity index is 1.68. The van der Waals surface area contributed by atoms with Gasteiger partial charge >= 0.3 is 0 Å². The van der Waals surface area contributed by atoms with Crippen molar-refractivity contribution in [2.75, 3.05) is 6.61 Å². The van der Waals surface area contributed by atoms with E-state index in [2.05, 4.69) is 6.92 Å². The number of carbonyl (C=O) groups excluding carboxylic acids is 1. The van der Waals surface area contributed by atoms with E-state index >= 15 is 0 Å². The van der Waals surface area contributed by atoms with Crippen molar-refractivity contribution in [3.8, 4) is 5.75 Å². The van der Waals surface area contributed by atoms with Gasteiger partial charge in [-0.1, -0.05) is 37.3 Å². The lowest BCUT2D eigenvalue weighted by molar-refractivity contribution is 0.0896. The standard InChI is InChI=1S/C18H16O3/c1-2-13-7-9-15(10-8-13)20-12-16(19)18-11-14-5-3-4-6-17(14)21-18/h3-11H,2,12H2,1H3. The Labute approximate surface area is 123 Å². The molecule has 0 bridgehead atoms. The maximum Gasteiger partial charge on any atom is 0.235 e. The third-order valence-electron chi connectivity index (χ3n) is 3.40. The molecule has 3 rings (SSSR count). The molecule has 0 unspecified atom stereocenters. The summed E-state index contributed by atoms with van der Waals surface area (Å²) in [5, 5.41) is 0.924. The van der Waals surface area contributed by atoms with E-state index < -0.39 is 0 Å². The number of ether oxygens (including phenoxy) is 1. The SMILES string of the molecule is CCc1ccc(OCC(=O)c2cc3ccccc3o2)cc1. The van der Waals surface area contributed by atoms with E-state index in [9.17, 15) is 4.79 Å². The van der Waals surface area contributed by atoms with Crippen LogP contribution in [-0.2, 0) is 6.42 Å². The molecule has 0 saturated heterocycles. The van der Waals surface area contributed by atoms with Crippen LogP contribution in [0.25, 0.3) is 11.0 Å². The third-order valence-corrected chi connectivity index (χ3v) is 3.40. The summed E-state index contributed by atoms with van der Waals surface area (Å²) >= 11 is 0. The lowest BCUT2D eigenvalue weighted by Crippen LogP contribution is -2.10. The Kier molecular flexibility index (Phi) is 3.73. The molecule has 1 heterocycles. The van der Waals surface area contributed by atoms with Crippen LogP contribution < -0.4 is 4.74 Å². The van der Waals surface area contributed by atoms with E-state index in [1.165, 1.54) is 5.56 Å². The highest BCUT2D eigenvalue weighted by Crippen LogP contribution is 2.19. The summed E-state index contributed by atoms with van der Waals surface area (Å²) in [5.74, 6) is 0.865. The smallest absolute Gasteiger partial charge is 0.235 e. The number of rotatable bonds is 5. The van der Waals surface area contributed by atoms with Crippen molar-refractivity contribution in [3.63, 3.8) is 0 Å². The first-order valence-corrected chi connectivity index (χ1v) is 7.00. The van der Waals surface area contributed by atoms with Gasteiger partial charge in [0, 0.05) is 5.39 Å². The van der Waals surface area contributed by atoms with Crippen molar-refractivity contribution < 1.29 is 13.9 Å². The number of carbonyl (C=O) groups is 1. The molecule has 0 spiro atoms. The molecule has 3 heteroatoms. The lowest BCUT2D eigenvalue weighted by atomic mass is 10.2. The summed E-state index contributed by atoms with van der Waals surface area (Å²) in [7, 11) is 0. The highest BCUT2D eigenvalue weighted by atomic mass is 16.5. The maximum atomic E-state index is 12.1. The quantitative estimate of drug-likeness (QED) is 0.656. The van der Waals surface area contributed by atoms with Gasteiger partial charge in [0.15, 0.2) is 12.4 Å². The van der Waals surface area contributed by atoms with Gasteiger partial charge in [-0.3, -0.25) is 4.79 Å². The minimum absolute atomic E-state index is 0.0225. The van der Waals surface area contributed by atoms with E-state index in [0.717, 1.165) is 11.8 Å². The van der Waals surface area contributed by atoms with Crippen LogP contribution in [0.15, 0.2) is 59.0 Å². The summed E-state index contributed by atoms with van der Waals surface area (Å²) in [6.45, 7) is 2.08. The van der Waals surface area contributed by atoms with Crippen molar-refractivity contribution in [2.45, 2.75) is 13.3 Å². The van der Waals surface area contributed by atoms with Gasteiger partial charge in [-0.25, -0.2) is 0 Å². The molecule has 0 radical (unpaired) electrons. The van der Waals surface area contributed by atoms with Gasteiger partial charge in [0.2, 0.25) is 5.78 Å². The number of fused-ring (bicyclic) bond motifs is 1. The fourth-order valence-corrected chi connectivity index (χ4v) is 2.16. The largest absolute Gasteiger partial charge is 0.485 e. The highest BCUT2D eigenvalue weighted by molar-refractivity contribution is 5.98. The van der Waals surface area contributed by atoms with Crippen molar-refractivity contribution in [3.05, 3.63) is 65.9 Å². The molecule has 3 nitrogen and oxygen atoms in total. The zero-order valence-corrected chi connectivity index (χ0v) is 11.8. The van der Waals surface area contributed by atoms with Gasteiger partial charge in [-0.05, 0) is 36.2 Å². The average molecular weight is 280 g/mol. The molecular formula is C18H16O3. The van der Waals surface area contributed by atoms with Gasteiger partial charge in [-0.2, -0.15) is 0 Å². The highest BCUT2D eigenvalue weighted by Gasteiger charge is 2.12. The Morgan fingerprint density at radius 2 is 1.86 bits per heavy atom. The van der Waals surface area contributed by atoms with Gasteiger partial charge in [0.25, 0.3) is 0 Å². The lowest BCUT2D eigenvalue weighted by Gasteiger charge is -2.04. The molecule has 0 N–H and O–H groups in total. The van der Waals surface area contributed by atoms with Crippen LogP contribution in [0.2, 0.25) is 0 Å². The first-order chi connectivity index (χ1) is 10.3. The van der Waals surface area contributed by atoms with Gasteiger partial charge in [-0.15, -0.1) is 0 Å². The Morgan fingerprint density at radius 3 is 2.57 bits per heavy atom. The Bertz CT molecular complexity index is 720. The van der Waals surface area contributed by atoms with Crippen LogP contribution in [0.3, 0.4) is 0 Å². The average Bonchev–Trinajstić information content (AvgIpc) is 2.97. The zero-order chi connectivity index (χ0) is 14.7. The minimum atomic E-state index is -0.161. The van der Waals surface area contributed by atoms with Crippen LogP contribution >= 0.6 is 0 Å². The number of para-hydroxylation sites is 1. The number of Topliss-reactive ketones (excluding diaryl/α,β-unsaturated/α-hetero) is 1. The van der Waals surface area contributed by atoms with E-state index in [4.69, 9.17) is 9.15 Å². The van der Waals surface area contributed by atoms with Crippen LogP contribution in [0.4, 0.5) is 0 Å². The summed E-state index contributed by atoms with van der Waals surface area (Å²) in [5.41, 5.74) is 1.96. The molecule has 0 amide bonds. The summed E-state index contributed by atoms with van der Waals surface area (Å²) in [6.07, 6.45) is 0.984. The molecular weight excluding hydrogens is 264 g/mol. The number of aryl methyl sites for hydroxylation is 1. The van der Waals surface area contributed by atoms with Crippen LogP contribution in [0.5, 0.6) is 5.75 Å². The van der Waals surface area contributed by atoms with E-state index in [1.54, 1.807) is 6.07 Å². The first-order valence-electron chi connectivity index (χ1n) is 7.00. The van der Waals surface area contributed by atoms with E-state index in [1.807, 2.05) is 48.5 Å². The normalized spacial score (nSPS) is 10.7. The van der Waals surface area contributed by atoms with Gasteiger partial charge in [0.05, 0.1) is 0 Å². The molecule has 1 aromatic heterocycles. The van der Waals surface area contributed by atoms with Crippen LogP contribution in [-0.4, -0.2) is 12.4 Å². The topological polar surface area (TPSA) is 39.4 Å². The molecule has 0 aliphatic rings. The van der Waals surface area contributed by atoms with Gasteiger partial charge < -0.3 is 9.15 Å². The first kappa shape index (κ1) is 13.4. The van der Waals surface area contributed by atoms with Crippen molar-refractivity contribution in [2.24, 2.45) is 0 Å². The van der Waals surface area contributed by atoms with Crippen molar-refractivity contribution in [1.29, 1.82) is 0 Å². The number of hydrogen-bond donors (Lipinski definition) is 0. The minimum Gasteiger partial charge on any atom is -0.485 e. The second-order valence-corrected chi connectivity index (χ2v) is 4.86. The molecule has 0 aliphatic carbocycles. The fourth-order valence-electron chi connectivity index (χ4n) is 2.16. The van der Waals surface area contributed by atoms with E-state index in [-0.39, 0.29) is 12.4 Å². The molecule has 21 heavy (non-hydrogen) atoms. The molecule has 2 aromatic carbocycles. The second-order valence-electron chi connectivity index (χ2n) is 4.86. The fraction of sp³-hybridized carbons (Fsp3) is 0.167. The predicted octanol–water partition coefficient (Wildman–Crippen LogP) is 4.26. The summed E-state index contributed by atoms with van der Waals surface area (Å²) < 4.78 is 11.0. The third kappa shape index (κ3) is 2.97. The molecule has 0 atom stereocenters. The van der Waals surface area contributed by atoms with Crippen LogP contribution in [0, 0.1) is 0 Å². The number of benzene rings is 2. The monoisotopic (exact) mass is 280 g/mol.